The number of nitrogens with one attached hydrogen (secondary N) is 2. The van der Waals surface area contributed by atoms with Gasteiger partial charge in [0.1, 0.15) is 6.61 Å². The van der Waals surface area contributed by atoms with E-state index in [1.807, 2.05) is 18.2 Å². The summed E-state index contributed by atoms with van der Waals surface area (Å²) < 4.78 is 5.32. The van der Waals surface area contributed by atoms with E-state index in [9.17, 15) is 9.59 Å². The topological polar surface area (TPSA) is 70.7 Å². The monoisotopic (exact) mass is 263 g/mol. The van der Waals surface area contributed by atoms with Gasteiger partial charge in [-0.15, -0.1) is 0 Å². The number of rotatable bonds is 5. The van der Waals surface area contributed by atoms with Gasteiger partial charge in [-0.05, 0) is 17.2 Å². The molecule has 0 bridgehead atoms. The Morgan fingerprint density at radius 3 is 3.00 bits per heavy atom. The van der Waals surface area contributed by atoms with Crippen LogP contribution in [0.4, 0.5) is 5.69 Å². The maximum atomic E-state index is 11.3. The number of fused-ring (bicyclic) bond motifs is 1. The number of benzene rings is 1. The number of carbonyl (C=O) groups is 2. The van der Waals surface area contributed by atoms with Gasteiger partial charge in [-0.25, -0.2) is 5.01 Å². The van der Waals surface area contributed by atoms with E-state index in [-0.39, 0.29) is 18.4 Å². The average Bonchev–Trinajstić information content (AvgIpc) is 2.67. The third-order valence-electron chi connectivity index (χ3n) is 2.64. The summed E-state index contributed by atoms with van der Waals surface area (Å²) in [4.78, 5) is 22.6. The van der Waals surface area contributed by atoms with E-state index in [0.29, 0.717) is 13.0 Å². The molecule has 0 saturated carbocycles. The molecule has 2 N–H and O–H groups in total. The molecule has 1 aliphatic rings. The molecule has 1 aliphatic heterocycles. The molecule has 0 spiro atoms. The smallest absolute Gasteiger partial charge is 0.260 e. The summed E-state index contributed by atoms with van der Waals surface area (Å²) >= 11 is 0. The molecule has 1 aromatic carbocycles. The number of ether oxygens (including phenoxy) is 1. The maximum Gasteiger partial charge on any atom is 0.260 e. The van der Waals surface area contributed by atoms with Gasteiger partial charge < -0.3 is 10.1 Å². The van der Waals surface area contributed by atoms with E-state index < -0.39 is 0 Å². The third-order valence-corrected chi connectivity index (χ3v) is 2.64. The van der Waals surface area contributed by atoms with Crippen LogP contribution in [0, 0.1) is 0 Å². The van der Waals surface area contributed by atoms with Crippen molar-refractivity contribution in [2.24, 2.45) is 0 Å². The van der Waals surface area contributed by atoms with Gasteiger partial charge >= 0.3 is 0 Å². The summed E-state index contributed by atoms with van der Waals surface area (Å²) in [6.45, 7) is 0.356. The van der Waals surface area contributed by atoms with E-state index in [4.69, 9.17) is 4.74 Å². The Kier molecular flexibility index (Phi) is 4.13. The van der Waals surface area contributed by atoms with Gasteiger partial charge in [-0.2, -0.15) is 0 Å². The van der Waals surface area contributed by atoms with Gasteiger partial charge in [-0.1, -0.05) is 12.1 Å². The van der Waals surface area contributed by atoms with Crippen molar-refractivity contribution in [1.82, 2.24) is 10.4 Å². The van der Waals surface area contributed by atoms with Crippen LogP contribution < -0.4 is 10.7 Å². The fourth-order valence-electron chi connectivity index (χ4n) is 1.92. The van der Waals surface area contributed by atoms with Crippen LogP contribution in [0.25, 0.3) is 0 Å². The lowest BCUT2D eigenvalue weighted by molar-refractivity contribution is -0.129. The van der Waals surface area contributed by atoms with E-state index in [1.54, 1.807) is 19.1 Å². The van der Waals surface area contributed by atoms with E-state index >= 15 is 0 Å². The largest absolute Gasteiger partial charge is 0.367 e. The van der Waals surface area contributed by atoms with Crippen molar-refractivity contribution in [2.75, 3.05) is 26.0 Å². The van der Waals surface area contributed by atoms with Gasteiger partial charge in [0.15, 0.2) is 0 Å². The highest BCUT2D eigenvalue weighted by Gasteiger charge is 2.17. The lowest BCUT2D eigenvalue weighted by Crippen LogP contribution is -2.38. The number of nitrogens with zero attached hydrogens (tertiary/aromatic N) is 1. The lowest BCUT2D eigenvalue weighted by Gasteiger charge is -2.12. The Balaban J connectivity index is 1.83. The highest BCUT2D eigenvalue weighted by Crippen LogP contribution is 2.23. The Hall–Kier alpha value is -1.92. The minimum atomic E-state index is -0.192. The van der Waals surface area contributed by atoms with Gasteiger partial charge in [0, 0.05) is 19.8 Å². The molecular formula is C13H17N3O3. The molecule has 0 radical (unpaired) electrons. The number of amides is 2. The highest BCUT2D eigenvalue weighted by molar-refractivity contribution is 5.99. The number of hydrogen-bond donors (Lipinski definition) is 2. The van der Waals surface area contributed by atoms with Crippen LogP contribution in [0.3, 0.4) is 0 Å². The Morgan fingerprint density at radius 1 is 1.47 bits per heavy atom. The highest BCUT2D eigenvalue weighted by atomic mass is 16.5. The van der Waals surface area contributed by atoms with Gasteiger partial charge in [0.05, 0.1) is 13.0 Å². The number of hydrazine groups is 1. The zero-order valence-electron chi connectivity index (χ0n) is 11.0. The SMILES string of the molecule is CN(C)NC(=O)COCc1ccc2c(c1)CC(=O)N2. The van der Waals surface area contributed by atoms with E-state index in [0.717, 1.165) is 16.8 Å². The molecule has 0 atom stereocenters. The minimum Gasteiger partial charge on any atom is -0.367 e. The standard InChI is InChI=1S/C13H17N3O3/c1-16(2)15-13(18)8-19-7-9-3-4-11-10(5-9)6-12(17)14-11/h3-5H,6-8H2,1-2H3,(H,14,17)(H,15,18). The van der Waals surface area contributed by atoms with Crippen LogP contribution >= 0.6 is 0 Å². The molecule has 2 rings (SSSR count). The van der Waals surface area contributed by atoms with Crippen molar-refractivity contribution in [3.05, 3.63) is 29.3 Å². The predicted molar refractivity (Wildman–Crippen MR) is 70.3 cm³/mol. The zero-order valence-corrected chi connectivity index (χ0v) is 11.0. The first-order valence-electron chi connectivity index (χ1n) is 6.01. The second-order valence-electron chi connectivity index (χ2n) is 4.64. The van der Waals surface area contributed by atoms with E-state index in [1.165, 1.54) is 0 Å². The summed E-state index contributed by atoms with van der Waals surface area (Å²) in [6.07, 6.45) is 0.407. The van der Waals surface area contributed by atoms with Crippen molar-refractivity contribution < 1.29 is 14.3 Å². The minimum absolute atomic E-state index is 0.00639. The maximum absolute atomic E-state index is 11.3. The first-order valence-corrected chi connectivity index (χ1v) is 6.01. The molecule has 0 aromatic heterocycles. The van der Waals surface area contributed by atoms with Crippen molar-refractivity contribution in [1.29, 1.82) is 0 Å². The van der Waals surface area contributed by atoms with Gasteiger partial charge in [-0.3, -0.25) is 15.0 Å². The predicted octanol–water partition coefficient (Wildman–Crippen LogP) is 0.291. The van der Waals surface area contributed by atoms with Gasteiger partial charge in [0.25, 0.3) is 5.91 Å². The summed E-state index contributed by atoms with van der Waals surface area (Å²) in [5, 5.41) is 4.34. The van der Waals surface area contributed by atoms with Crippen molar-refractivity contribution in [3.8, 4) is 0 Å². The molecule has 6 nitrogen and oxygen atoms in total. The first kappa shape index (κ1) is 13.5. The Bertz CT molecular complexity index is 500. The zero-order chi connectivity index (χ0) is 13.8. The number of carbonyl (C=O) groups excluding carboxylic acids is 2. The molecule has 19 heavy (non-hydrogen) atoms. The molecular weight excluding hydrogens is 246 g/mol. The Morgan fingerprint density at radius 2 is 2.26 bits per heavy atom. The molecule has 0 saturated heterocycles. The van der Waals surface area contributed by atoms with Crippen molar-refractivity contribution in [3.63, 3.8) is 0 Å². The third kappa shape index (κ3) is 3.77. The lowest BCUT2D eigenvalue weighted by atomic mass is 10.1. The molecule has 0 unspecified atom stereocenters. The normalized spacial score (nSPS) is 13.3. The van der Waals surface area contributed by atoms with Crippen LogP contribution in [-0.4, -0.2) is 37.5 Å². The van der Waals surface area contributed by atoms with Gasteiger partial charge in [0.2, 0.25) is 5.91 Å². The van der Waals surface area contributed by atoms with Crippen LogP contribution in [-0.2, 0) is 27.4 Å². The van der Waals surface area contributed by atoms with Crippen LogP contribution in [0.2, 0.25) is 0 Å². The van der Waals surface area contributed by atoms with E-state index in [2.05, 4.69) is 10.7 Å². The molecule has 1 aromatic rings. The van der Waals surface area contributed by atoms with Crippen LogP contribution in [0.1, 0.15) is 11.1 Å². The van der Waals surface area contributed by atoms with Crippen molar-refractivity contribution in [2.45, 2.75) is 13.0 Å². The summed E-state index contributed by atoms with van der Waals surface area (Å²) in [6, 6.07) is 5.67. The molecule has 0 aliphatic carbocycles. The fourth-order valence-corrected chi connectivity index (χ4v) is 1.92. The number of hydrogen-bond acceptors (Lipinski definition) is 4. The van der Waals surface area contributed by atoms with Crippen LogP contribution in [0.5, 0.6) is 0 Å². The quantitative estimate of drug-likeness (QED) is 0.749. The molecule has 102 valence electrons. The second kappa shape index (κ2) is 5.81. The molecule has 2 amide bonds. The Labute approximate surface area is 111 Å². The van der Waals surface area contributed by atoms with Crippen molar-refractivity contribution >= 4 is 17.5 Å². The summed E-state index contributed by atoms with van der Waals surface area (Å²) in [5.74, 6) is -0.179. The summed E-state index contributed by atoms with van der Waals surface area (Å²) in [7, 11) is 3.48. The molecule has 0 fully saturated rings. The molecule has 6 heteroatoms. The first-order chi connectivity index (χ1) is 9.04. The molecule has 1 heterocycles. The number of anilines is 1. The summed E-state index contributed by atoms with van der Waals surface area (Å²) in [5.41, 5.74) is 5.38. The van der Waals surface area contributed by atoms with Crippen LogP contribution in [0.15, 0.2) is 18.2 Å². The second-order valence-corrected chi connectivity index (χ2v) is 4.64. The fraction of sp³-hybridized carbons (Fsp3) is 0.385. The average molecular weight is 263 g/mol.